The lowest BCUT2D eigenvalue weighted by Crippen LogP contribution is -2.41. The van der Waals surface area contributed by atoms with Crippen LogP contribution in [0.25, 0.3) is 0 Å². The minimum Gasteiger partial charge on any atom is -0.480 e. The van der Waals surface area contributed by atoms with E-state index < -0.39 is 17.9 Å². The number of rotatable bonds is 7. The number of amides is 1. The summed E-state index contributed by atoms with van der Waals surface area (Å²) in [5.41, 5.74) is -0.247. The Morgan fingerprint density at radius 1 is 1.48 bits per heavy atom. The number of thioether (sulfide) groups is 1. The zero-order valence-electron chi connectivity index (χ0n) is 12.2. The molecule has 0 aliphatic rings. The van der Waals surface area contributed by atoms with Gasteiger partial charge in [0.25, 0.3) is 5.56 Å². The number of aliphatic carboxylic acids is 1. The molecule has 0 saturated carbocycles. The highest BCUT2D eigenvalue weighted by atomic mass is 32.2. The van der Waals surface area contributed by atoms with Gasteiger partial charge in [-0.2, -0.15) is 0 Å². The Hall–Kier alpha value is -1.83. The van der Waals surface area contributed by atoms with Crippen LogP contribution in [0.2, 0.25) is 0 Å². The molecule has 8 heteroatoms. The Kier molecular flexibility index (Phi) is 6.41. The molecule has 0 radical (unpaired) electrons. The van der Waals surface area contributed by atoms with Gasteiger partial charge in [-0.25, -0.2) is 9.78 Å². The number of hydrogen-bond donors (Lipinski definition) is 2. The van der Waals surface area contributed by atoms with Gasteiger partial charge in [0.05, 0.1) is 0 Å². The summed E-state index contributed by atoms with van der Waals surface area (Å²) in [7, 11) is 0. The molecule has 1 heterocycles. The molecule has 0 bridgehead atoms. The quantitative estimate of drug-likeness (QED) is 0.714. The monoisotopic (exact) mass is 313 g/mol. The molecule has 1 aromatic heterocycles. The van der Waals surface area contributed by atoms with Gasteiger partial charge >= 0.3 is 5.97 Å². The van der Waals surface area contributed by atoms with Crippen molar-refractivity contribution in [2.75, 3.05) is 5.75 Å². The molecule has 1 amide bonds. The molecule has 7 nitrogen and oxygen atoms in total. The molecule has 21 heavy (non-hydrogen) atoms. The van der Waals surface area contributed by atoms with Crippen molar-refractivity contribution >= 4 is 23.6 Å². The minimum absolute atomic E-state index is 0.0445. The highest BCUT2D eigenvalue weighted by molar-refractivity contribution is 7.99. The third-order valence-corrected chi connectivity index (χ3v) is 3.56. The minimum atomic E-state index is -1.14. The van der Waals surface area contributed by atoms with Crippen LogP contribution in [0.15, 0.2) is 22.2 Å². The summed E-state index contributed by atoms with van der Waals surface area (Å²) >= 11 is 1.03. The first-order valence-corrected chi connectivity index (χ1v) is 7.48. The molecule has 0 spiro atoms. The van der Waals surface area contributed by atoms with Crippen molar-refractivity contribution in [2.45, 2.75) is 38.4 Å². The van der Waals surface area contributed by atoms with Crippen LogP contribution in [-0.2, 0) is 16.1 Å². The van der Waals surface area contributed by atoms with E-state index in [-0.39, 0.29) is 16.3 Å². The SMILES string of the molecule is CC(=O)NC(CSc1nccn(CC(C)C)c1=O)C(=O)O. The second-order valence-electron chi connectivity index (χ2n) is 4.99. The van der Waals surface area contributed by atoms with E-state index in [2.05, 4.69) is 10.3 Å². The number of nitrogens with one attached hydrogen (secondary N) is 1. The van der Waals surface area contributed by atoms with Crippen LogP contribution < -0.4 is 10.9 Å². The number of carbonyl (C=O) groups excluding carboxylic acids is 1. The fourth-order valence-corrected chi connectivity index (χ4v) is 2.57. The lowest BCUT2D eigenvalue weighted by molar-refractivity contribution is -0.140. The molecule has 1 unspecified atom stereocenters. The molecule has 0 aliphatic carbocycles. The van der Waals surface area contributed by atoms with Gasteiger partial charge < -0.3 is 15.0 Å². The van der Waals surface area contributed by atoms with Crippen LogP contribution in [0.1, 0.15) is 20.8 Å². The first kappa shape index (κ1) is 17.2. The number of carbonyl (C=O) groups is 2. The van der Waals surface area contributed by atoms with Gasteiger partial charge in [-0.05, 0) is 5.92 Å². The number of carboxylic acids is 1. The molecular formula is C13H19N3O4S. The summed E-state index contributed by atoms with van der Waals surface area (Å²) in [6, 6.07) is -1.05. The molecule has 1 atom stereocenters. The predicted molar refractivity (Wildman–Crippen MR) is 79.3 cm³/mol. The summed E-state index contributed by atoms with van der Waals surface area (Å²) in [4.78, 5) is 38.1. The van der Waals surface area contributed by atoms with Gasteiger partial charge in [-0.1, -0.05) is 25.6 Å². The zero-order chi connectivity index (χ0) is 16.0. The van der Waals surface area contributed by atoms with Crippen molar-refractivity contribution in [3.63, 3.8) is 0 Å². The van der Waals surface area contributed by atoms with Gasteiger partial charge in [-0.15, -0.1) is 0 Å². The van der Waals surface area contributed by atoms with Gasteiger partial charge in [0.15, 0.2) is 5.03 Å². The van der Waals surface area contributed by atoms with Crippen LogP contribution in [0.5, 0.6) is 0 Å². The largest absolute Gasteiger partial charge is 0.480 e. The fourth-order valence-electron chi connectivity index (χ4n) is 1.65. The number of carboxylic acid groups (broad SMARTS) is 1. The number of aromatic nitrogens is 2. The van der Waals surface area contributed by atoms with Gasteiger partial charge in [0.1, 0.15) is 6.04 Å². The summed E-state index contributed by atoms with van der Waals surface area (Å²) in [6.07, 6.45) is 3.12. The first-order valence-electron chi connectivity index (χ1n) is 6.49. The topological polar surface area (TPSA) is 101 Å². The van der Waals surface area contributed by atoms with Crippen molar-refractivity contribution in [3.05, 3.63) is 22.7 Å². The maximum Gasteiger partial charge on any atom is 0.327 e. The zero-order valence-corrected chi connectivity index (χ0v) is 13.0. The highest BCUT2D eigenvalue weighted by Crippen LogP contribution is 2.12. The Balaban J connectivity index is 2.81. The lowest BCUT2D eigenvalue weighted by Gasteiger charge is -2.13. The average Bonchev–Trinajstić information content (AvgIpc) is 2.37. The maximum absolute atomic E-state index is 12.2. The molecule has 1 rings (SSSR count). The molecule has 0 aliphatic heterocycles. The van der Waals surface area contributed by atoms with Crippen molar-refractivity contribution in [3.8, 4) is 0 Å². The summed E-state index contributed by atoms with van der Waals surface area (Å²) in [5, 5.41) is 11.6. The van der Waals surface area contributed by atoms with Crippen LogP contribution >= 0.6 is 11.8 Å². The van der Waals surface area contributed by atoms with Gasteiger partial charge in [0.2, 0.25) is 5.91 Å². The van der Waals surface area contributed by atoms with E-state index in [0.29, 0.717) is 12.5 Å². The van der Waals surface area contributed by atoms with Crippen molar-refractivity contribution in [2.24, 2.45) is 5.92 Å². The van der Waals surface area contributed by atoms with E-state index in [1.807, 2.05) is 13.8 Å². The van der Waals surface area contributed by atoms with Crippen molar-refractivity contribution in [1.29, 1.82) is 0 Å². The van der Waals surface area contributed by atoms with Crippen LogP contribution in [0.4, 0.5) is 0 Å². The molecule has 1 aromatic rings. The predicted octanol–water partition coefficient (Wildman–Crippen LogP) is 0.581. The Morgan fingerprint density at radius 2 is 2.14 bits per heavy atom. The molecule has 0 fully saturated rings. The van der Waals surface area contributed by atoms with Crippen LogP contribution in [0, 0.1) is 5.92 Å². The first-order chi connectivity index (χ1) is 9.81. The summed E-state index contributed by atoms with van der Waals surface area (Å²) in [5.74, 6) is -1.21. The molecule has 0 aromatic carbocycles. The fraction of sp³-hybridized carbons (Fsp3) is 0.538. The number of hydrogen-bond acceptors (Lipinski definition) is 5. The van der Waals surface area contributed by atoms with E-state index in [1.165, 1.54) is 13.1 Å². The standard InChI is InChI=1S/C13H19N3O4S/c1-8(2)6-16-5-4-14-11(12(16)18)21-7-10(13(19)20)15-9(3)17/h4-5,8,10H,6-7H2,1-3H3,(H,15,17)(H,19,20). The lowest BCUT2D eigenvalue weighted by atomic mass is 10.2. The van der Waals surface area contributed by atoms with Gasteiger partial charge in [0, 0.05) is 31.6 Å². The van der Waals surface area contributed by atoms with Crippen LogP contribution in [-0.4, -0.2) is 38.3 Å². The molecular weight excluding hydrogens is 294 g/mol. The third-order valence-electron chi connectivity index (χ3n) is 2.51. The maximum atomic E-state index is 12.2. The van der Waals surface area contributed by atoms with E-state index in [9.17, 15) is 14.4 Å². The number of nitrogens with zero attached hydrogens (tertiary/aromatic N) is 2. The van der Waals surface area contributed by atoms with Gasteiger partial charge in [-0.3, -0.25) is 9.59 Å². The Labute approximate surface area is 126 Å². The van der Waals surface area contributed by atoms with E-state index in [0.717, 1.165) is 11.8 Å². The highest BCUT2D eigenvalue weighted by Gasteiger charge is 2.19. The Morgan fingerprint density at radius 3 is 2.67 bits per heavy atom. The summed E-state index contributed by atoms with van der Waals surface area (Å²) in [6.45, 7) is 5.81. The normalized spacial score (nSPS) is 12.2. The average molecular weight is 313 g/mol. The molecule has 2 N–H and O–H groups in total. The molecule has 0 saturated heterocycles. The van der Waals surface area contributed by atoms with Crippen molar-refractivity contribution < 1.29 is 14.7 Å². The van der Waals surface area contributed by atoms with E-state index in [1.54, 1.807) is 10.8 Å². The van der Waals surface area contributed by atoms with Crippen molar-refractivity contribution in [1.82, 2.24) is 14.9 Å². The molecule has 116 valence electrons. The second-order valence-corrected chi connectivity index (χ2v) is 5.99. The smallest absolute Gasteiger partial charge is 0.327 e. The Bertz CT molecular complexity index is 571. The van der Waals surface area contributed by atoms with E-state index in [4.69, 9.17) is 5.11 Å². The van der Waals surface area contributed by atoms with E-state index >= 15 is 0 Å². The second kappa shape index (κ2) is 7.82. The third kappa shape index (κ3) is 5.58. The van der Waals surface area contributed by atoms with Crippen LogP contribution in [0.3, 0.4) is 0 Å². The summed E-state index contributed by atoms with van der Waals surface area (Å²) < 4.78 is 1.55.